The maximum Gasteiger partial charge on any atom is 0.306 e. The Kier molecular flexibility index (Phi) is 18.0. The zero-order chi connectivity index (χ0) is 19.5. The van der Waals surface area contributed by atoms with Gasteiger partial charge in [0, 0.05) is 12.8 Å². The second kappa shape index (κ2) is 18.7. The lowest BCUT2D eigenvalue weighted by Gasteiger charge is -2.10. The molecule has 0 aromatic carbocycles. The second-order valence-electron chi connectivity index (χ2n) is 7.35. The van der Waals surface area contributed by atoms with Crippen molar-refractivity contribution in [2.45, 2.75) is 111 Å². The summed E-state index contributed by atoms with van der Waals surface area (Å²) in [5, 5.41) is 0. The van der Waals surface area contributed by atoms with Gasteiger partial charge in [-0.25, -0.2) is 0 Å². The largest absolute Gasteiger partial charge is 0.466 e. The maximum absolute atomic E-state index is 11.4. The van der Waals surface area contributed by atoms with Crippen LogP contribution in [0.25, 0.3) is 0 Å². The number of carbonyl (C=O) groups excluding carboxylic acids is 2. The number of rotatable bonds is 18. The average Bonchev–Trinajstić information content (AvgIpc) is 2.59. The van der Waals surface area contributed by atoms with Crippen LogP contribution >= 0.6 is 0 Å². The van der Waals surface area contributed by atoms with E-state index in [9.17, 15) is 9.59 Å². The molecule has 0 aliphatic rings. The molecule has 0 aliphatic heterocycles. The fourth-order valence-corrected chi connectivity index (χ4v) is 3.19. The van der Waals surface area contributed by atoms with Gasteiger partial charge in [0.2, 0.25) is 0 Å². The van der Waals surface area contributed by atoms with E-state index < -0.39 is 0 Å². The summed E-state index contributed by atoms with van der Waals surface area (Å²) in [6, 6.07) is 0. The van der Waals surface area contributed by atoms with Crippen LogP contribution in [0.3, 0.4) is 0 Å². The van der Waals surface area contributed by atoms with Crippen LogP contribution in [0.15, 0.2) is 0 Å². The number of unbranched alkanes of at least 4 members (excludes halogenated alkanes) is 10. The lowest BCUT2D eigenvalue weighted by atomic mass is 9.99. The summed E-state index contributed by atoms with van der Waals surface area (Å²) in [4.78, 5) is 22.6. The second-order valence-corrected chi connectivity index (χ2v) is 7.35. The number of esters is 2. The van der Waals surface area contributed by atoms with Crippen molar-refractivity contribution in [3.63, 3.8) is 0 Å². The summed E-state index contributed by atoms with van der Waals surface area (Å²) in [6.45, 7) is 6.83. The molecule has 0 fully saturated rings. The topological polar surface area (TPSA) is 52.6 Å². The lowest BCUT2D eigenvalue weighted by Crippen LogP contribution is -2.09. The molecule has 0 saturated heterocycles. The predicted molar refractivity (Wildman–Crippen MR) is 107 cm³/mol. The first-order chi connectivity index (χ1) is 12.6. The van der Waals surface area contributed by atoms with Crippen molar-refractivity contribution in [1.29, 1.82) is 0 Å². The third-order valence-electron chi connectivity index (χ3n) is 4.70. The quantitative estimate of drug-likeness (QED) is 0.212. The van der Waals surface area contributed by atoms with Crippen molar-refractivity contribution < 1.29 is 19.1 Å². The van der Waals surface area contributed by atoms with E-state index in [4.69, 9.17) is 9.47 Å². The summed E-state index contributed by atoms with van der Waals surface area (Å²) >= 11 is 0. The van der Waals surface area contributed by atoms with Crippen LogP contribution in [0.1, 0.15) is 111 Å². The minimum absolute atomic E-state index is 0.0530. The Hall–Kier alpha value is -1.06. The maximum atomic E-state index is 11.4. The van der Waals surface area contributed by atoms with Crippen molar-refractivity contribution >= 4 is 11.9 Å². The third kappa shape index (κ3) is 17.8. The van der Waals surface area contributed by atoms with Gasteiger partial charge in [-0.15, -0.1) is 0 Å². The monoisotopic (exact) mass is 370 g/mol. The Morgan fingerprint density at radius 1 is 0.654 bits per heavy atom. The molecule has 0 N–H and O–H groups in total. The van der Waals surface area contributed by atoms with Crippen molar-refractivity contribution in [2.24, 2.45) is 5.92 Å². The summed E-state index contributed by atoms with van der Waals surface area (Å²) in [5.74, 6) is 0.335. The van der Waals surface area contributed by atoms with Gasteiger partial charge in [0.25, 0.3) is 0 Å². The number of carbonyl (C=O) groups is 2. The van der Waals surface area contributed by atoms with E-state index in [1.54, 1.807) is 0 Å². The number of ether oxygens (including phenoxy) is 2. The molecule has 0 spiro atoms. The molecule has 0 saturated carbocycles. The van der Waals surface area contributed by atoms with Crippen LogP contribution in [0.4, 0.5) is 0 Å². The van der Waals surface area contributed by atoms with Gasteiger partial charge in [-0.2, -0.15) is 0 Å². The molecule has 4 nitrogen and oxygen atoms in total. The van der Waals surface area contributed by atoms with Gasteiger partial charge in [0.1, 0.15) is 0 Å². The van der Waals surface area contributed by atoms with Crippen LogP contribution < -0.4 is 0 Å². The van der Waals surface area contributed by atoms with Crippen LogP contribution in [0.5, 0.6) is 0 Å². The molecule has 0 aromatic heterocycles. The van der Waals surface area contributed by atoms with Crippen molar-refractivity contribution in [3.05, 3.63) is 0 Å². The molecule has 0 aromatic rings. The normalized spacial score (nSPS) is 12.0. The van der Waals surface area contributed by atoms with Gasteiger partial charge in [-0.05, 0) is 26.2 Å². The molecular weight excluding hydrogens is 328 g/mol. The highest BCUT2D eigenvalue weighted by molar-refractivity contribution is 5.69. The Morgan fingerprint density at radius 3 is 1.58 bits per heavy atom. The van der Waals surface area contributed by atoms with Crippen LogP contribution in [-0.4, -0.2) is 25.2 Å². The predicted octanol–water partition coefficient (Wildman–Crippen LogP) is 6.21. The molecule has 0 bridgehead atoms. The Bertz CT molecular complexity index is 341. The fraction of sp³-hybridized carbons (Fsp3) is 0.909. The first-order valence-electron chi connectivity index (χ1n) is 10.9. The molecule has 0 rings (SSSR count). The molecule has 0 amide bonds. The summed E-state index contributed by atoms with van der Waals surface area (Å²) in [6.07, 6.45) is 16.0. The van der Waals surface area contributed by atoms with Crippen molar-refractivity contribution in [1.82, 2.24) is 0 Å². The number of hydrogen-bond acceptors (Lipinski definition) is 4. The smallest absolute Gasteiger partial charge is 0.306 e. The Balaban J connectivity index is 3.22. The van der Waals surface area contributed by atoms with Gasteiger partial charge in [-0.1, -0.05) is 77.6 Å². The molecule has 1 atom stereocenters. The number of hydrogen-bond donors (Lipinski definition) is 0. The van der Waals surface area contributed by atoms with Crippen molar-refractivity contribution in [3.8, 4) is 0 Å². The molecule has 4 heteroatoms. The molecule has 0 radical (unpaired) electrons. The standard InChI is InChI=1S/C22H42O4/c1-4-25-21(23)18-16-14-12-10-8-6-7-9-11-13-15-17-20(3)19-22(24)26-5-2/h20H,4-19H2,1-3H3. The van der Waals surface area contributed by atoms with Crippen LogP contribution in [0.2, 0.25) is 0 Å². The molecule has 26 heavy (non-hydrogen) atoms. The summed E-state index contributed by atoms with van der Waals surface area (Å²) < 4.78 is 9.91. The Morgan fingerprint density at radius 2 is 1.08 bits per heavy atom. The zero-order valence-corrected chi connectivity index (χ0v) is 17.5. The summed E-state index contributed by atoms with van der Waals surface area (Å²) in [5.41, 5.74) is 0. The average molecular weight is 371 g/mol. The van der Waals surface area contributed by atoms with Crippen LogP contribution in [-0.2, 0) is 19.1 Å². The molecule has 1 unspecified atom stereocenters. The van der Waals surface area contributed by atoms with E-state index >= 15 is 0 Å². The van der Waals surface area contributed by atoms with Gasteiger partial charge < -0.3 is 9.47 Å². The molecular formula is C22H42O4. The molecule has 154 valence electrons. The molecule has 0 heterocycles. The van der Waals surface area contributed by atoms with Crippen molar-refractivity contribution in [2.75, 3.05) is 13.2 Å². The van der Waals surface area contributed by atoms with Gasteiger partial charge >= 0.3 is 11.9 Å². The fourth-order valence-electron chi connectivity index (χ4n) is 3.19. The first kappa shape index (κ1) is 24.9. The highest BCUT2D eigenvalue weighted by Crippen LogP contribution is 2.16. The van der Waals surface area contributed by atoms with Crippen LogP contribution in [0, 0.1) is 5.92 Å². The van der Waals surface area contributed by atoms with E-state index in [1.807, 2.05) is 13.8 Å². The first-order valence-corrected chi connectivity index (χ1v) is 10.9. The van der Waals surface area contributed by atoms with E-state index in [1.165, 1.54) is 57.8 Å². The SMILES string of the molecule is CCOC(=O)CCCCCCCCCCCCCC(C)CC(=O)OCC. The highest BCUT2D eigenvalue weighted by Gasteiger charge is 2.09. The van der Waals surface area contributed by atoms with E-state index in [2.05, 4.69) is 6.92 Å². The van der Waals surface area contributed by atoms with E-state index in [0.29, 0.717) is 32.0 Å². The highest BCUT2D eigenvalue weighted by atomic mass is 16.5. The minimum atomic E-state index is -0.0547. The lowest BCUT2D eigenvalue weighted by molar-refractivity contribution is -0.144. The van der Waals surface area contributed by atoms with Gasteiger partial charge in [0.05, 0.1) is 13.2 Å². The van der Waals surface area contributed by atoms with E-state index in [-0.39, 0.29) is 11.9 Å². The Labute approximate surface area is 161 Å². The zero-order valence-electron chi connectivity index (χ0n) is 17.5. The third-order valence-corrected chi connectivity index (χ3v) is 4.70. The summed E-state index contributed by atoms with van der Waals surface area (Å²) in [7, 11) is 0. The van der Waals surface area contributed by atoms with Gasteiger partial charge in [0.15, 0.2) is 0 Å². The van der Waals surface area contributed by atoms with E-state index in [0.717, 1.165) is 19.3 Å². The molecule has 0 aliphatic carbocycles. The van der Waals surface area contributed by atoms with Gasteiger partial charge in [-0.3, -0.25) is 9.59 Å². The minimum Gasteiger partial charge on any atom is -0.466 e.